The summed E-state index contributed by atoms with van der Waals surface area (Å²) in [6, 6.07) is 19.9. The Hall–Kier alpha value is -4.13. The predicted octanol–water partition coefficient (Wildman–Crippen LogP) is 3.43. The van der Waals surface area contributed by atoms with E-state index in [9.17, 15) is 19.5 Å². The van der Waals surface area contributed by atoms with Crippen molar-refractivity contribution in [2.75, 3.05) is 11.9 Å². The maximum atomic E-state index is 12.6. The van der Waals surface area contributed by atoms with Crippen molar-refractivity contribution in [2.24, 2.45) is 0 Å². The van der Waals surface area contributed by atoms with Gasteiger partial charge in [0.1, 0.15) is 5.75 Å². The predicted molar refractivity (Wildman–Crippen MR) is 116 cm³/mol. The van der Waals surface area contributed by atoms with E-state index in [-0.39, 0.29) is 17.2 Å². The summed E-state index contributed by atoms with van der Waals surface area (Å²) in [6.45, 7) is 1.83. The van der Waals surface area contributed by atoms with Crippen LogP contribution in [-0.2, 0) is 16.1 Å². The number of phenols is 1. The largest absolute Gasteiger partial charge is 0.508 e. The topological polar surface area (TPSA) is 105 Å². The molecule has 31 heavy (non-hydrogen) atoms. The van der Waals surface area contributed by atoms with E-state index in [1.54, 1.807) is 24.3 Å². The minimum Gasteiger partial charge on any atom is -0.508 e. The standard InChI is InChI=1S/C24H22N2O5/c1-16-6-8-17(9-7-16)14-25-23(29)20-4-2-3-5-21(20)26-22(28)15-31-24(30)18-10-12-19(27)13-11-18/h2-13,27H,14-15H2,1H3,(H,25,29)(H,26,28). The number of aromatic hydroxyl groups is 1. The number of hydrogen-bond acceptors (Lipinski definition) is 5. The second-order valence-corrected chi connectivity index (χ2v) is 6.89. The van der Waals surface area contributed by atoms with Crippen LogP contribution in [0.1, 0.15) is 31.8 Å². The average Bonchev–Trinajstić information content (AvgIpc) is 2.78. The lowest BCUT2D eigenvalue weighted by molar-refractivity contribution is -0.119. The molecule has 0 bridgehead atoms. The van der Waals surface area contributed by atoms with E-state index in [0.29, 0.717) is 17.8 Å². The second kappa shape index (κ2) is 10.1. The number of anilines is 1. The molecular weight excluding hydrogens is 396 g/mol. The van der Waals surface area contributed by atoms with E-state index in [0.717, 1.165) is 11.1 Å². The fourth-order valence-electron chi connectivity index (χ4n) is 2.77. The summed E-state index contributed by atoms with van der Waals surface area (Å²) in [5.41, 5.74) is 2.92. The quantitative estimate of drug-likeness (QED) is 0.510. The molecule has 0 aromatic heterocycles. The summed E-state index contributed by atoms with van der Waals surface area (Å²) in [5.74, 6) is -1.59. The molecule has 0 unspecified atom stereocenters. The van der Waals surface area contributed by atoms with E-state index in [1.807, 2.05) is 31.2 Å². The smallest absolute Gasteiger partial charge is 0.338 e. The molecule has 0 heterocycles. The van der Waals surface area contributed by atoms with Gasteiger partial charge >= 0.3 is 5.97 Å². The molecule has 0 aliphatic rings. The third kappa shape index (κ3) is 6.17. The van der Waals surface area contributed by atoms with Crippen molar-refractivity contribution in [3.05, 3.63) is 95.1 Å². The first-order valence-corrected chi connectivity index (χ1v) is 9.61. The van der Waals surface area contributed by atoms with Gasteiger partial charge in [0.05, 0.1) is 16.8 Å². The van der Waals surface area contributed by atoms with Crippen LogP contribution in [-0.4, -0.2) is 29.5 Å². The summed E-state index contributed by atoms with van der Waals surface area (Å²) in [7, 11) is 0. The molecule has 2 amide bonds. The van der Waals surface area contributed by atoms with Gasteiger partial charge in [-0.2, -0.15) is 0 Å². The average molecular weight is 418 g/mol. The van der Waals surface area contributed by atoms with E-state index in [4.69, 9.17) is 4.74 Å². The van der Waals surface area contributed by atoms with Gasteiger partial charge in [-0.1, -0.05) is 42.0 Å². The Morgan fingerprint density at radius 1 is 0.903 bits per heavy atom. The number of hydrogen-bond donors (Lipinski definition) is 3. The van der Waals surface area contributed by atoms with Crippen LogP contribution in [0.25, 0.3) is 0 Å². The van der Waals surface area contributed by atoms with E-state index in [2.05, 4.69) is 10.6 Å². The minimum absolute atomic E-state index is 0.0200. The summed E-state index contributed by atoms with van der Waals surface area (Å²) in [4.78, 5) is 36.8. The lowest BCUT2D eigenvalue weighted by Crippen LogP contribution is -2.26. The number of amides is 2. The van der Waals surface area contributed by atoms with Gasteiger partial charge in [-0.25, -0.2) is 4.79 Å². The van der Waals surface area contributed by atoms with E-state index < -0.39 is 18.5 Å². The molecular formula is C24H22N2O5. The number of carbonyl (C=O) groups is 3. The molecule has 3 aromatic carbocycles. The van der Waals surface area contributed by atoms with Crippen molar-refractivity contribution in [3.8, 4) is 5.75 Å². The maximum Gasteiger partial charge on any atom is 0.338 e. The van der Waals surface area contributed by atoms with E-state index in [1.165, 1.54) is 24.3 Å². The van der Waals surface area contributed by atoms with Gasteiger partial charge in [0.2, 0.25) is 0 Å². The zero-order chi connectivity index (χ0) is 22.2. The molecule has 0 radical (unpaired) electrons. The molecule has 0 aliphatic carbocycles. The Balaban J connectivity index is 1.57. The Morgan fingerprint density at radius 3 is 2.29 bits per heavy atom. The molecule has 0 fully saturated rings. The number of para-hydroxylation sites is 1. The first-order chi connectivity index (χ1) is 14.9. The van der Waals surface area contributed by atoms with Gasteiger partial charge in [0.15, 0.2) is 6.61 Å². The summed E-state index contributed by atoms with van der Waals surface area (Å²) in [5, 5.41) is 14.7. The molecule has 7 heteroatoms. The summed E-state index contributed by atoms with van der Waals surface area (Å²) >= 11 is 0. The number of phenolic OH excluding ortho intramolecular Hbond substituents is 1. The normalized spacial score (nSPS) is 10.2. The molecule has 0 saturated heterocycles. The van der Waals surface area contributed by atoms with Gasteiger partial charge in [-0.15, -0.1) is 0 Å². The van der Waals surface area contributed by atoms with Crippen LogP contribution < -0.4 is 10.6 Å². The van der Waals surface area contributed by atoms with E-state index >= 15 is 0 Å². The SMILES string of the molecule is Cc1ccc(CNC(=O)c2ccccc2NC(=O)COC(=O)c2ccc(O)cc2)cc1. The number of esters is 1. The van der Waals surface area contributed by atoms with Crippen molar-refractivity contribution in [1.82, 2.24) is 5.32 Å². The number of carbonyl (C=O) groups excluding carboxylic acids is 3. The third-order valence-corrected chi connectivity index (χ3v) is 4.46. The highest BCUT2D eigenvalue weighted by Crippen LogP contribution is 2.16. The van der Waals surface area contributed by atoms with Crippen LogP contribution in [0.3, 0.4) is 0 Å². The fraction of sp³-hybridized carbons (Fsp3) is 0.125. The molecule has 0 aliphatic heterocycles. The van der Waals surface area contributed by atoms with Crippen molar-refractivity contribution >= 4 is 23.5 Å². The van der Waals surface area contributed by atoms with Crippen molar-refractivity contribution in [3.63, 3.8) is 0 Å². The van der Waals surface area contributed by atoms with Gasteiger partial charge in [-0.05, 0) is 48.9 Å². The van der Waals surface area contributed by atoms with Gasteiger partial charge in [0.25, 0.3) is 11.8 Å². The van der Waals surface area contributed by atoms with Crippen molar-refractivity contribution in [2.45, 2.75) is 13.5 Å². The van der Waals surface area contributed by atoms with Gasteiger partial charge in [0, 0.05) is 6.54 Å². The number of ether oxygens (including phenoxy) is 1. The highest BCUT2D eigenvalue weighted by Gasteiger charge is 2.15. The zero-order valence-electron chi connectivity index (χ0n) is 16.9. The molecule has 3 N–H and O–H groups in total. The monoisotopic (exact) mass is 418 g/mol. The highest BCUT2D eigenvalue weighted by atomic mass is 16.5. The summed E-state index contributed by atoms with van der Waals surface area (Å²) < 4.78 is 4.98. The molecule has 3 aromatic rings. The number of aryl methyl sites for hydroxylation is 1. The maximum absolute atomic E-state index is 12.6. The Labute approximate surface area is 179 Å². The number of benzene rings is 3. The first-order valence-electron chi connectivity index (χ1n) is 9.61. The van der Waals surface area contributed by atoms with Crippen LogP contribution in [0.5, 0.6) is 5.75 Å². The minimum atomic E-state index is -0.695. The Bertz CT molecular complexity index is 1080. The lowest BCUT2D eigenvalue weighted by Gasteiger charge is -2.12. The second-order valence-electron chi connectivity index (χ2n) is 6.89. The summed E-state index contributed by atoms with van der Waals surface area (Å²) in [6.07, 6.45) is 0. The molecule has 0 saturated carbocycles. The first kappa shape index (κ1) is 21.6. The Kier molecular flexibility index (Phi) is 7.01. The fourth-order valence-corrected chi connectivity index (χ4v) is 2.77. The van der Waals surface area contributed by atoms with Crippen LogP contribution in [0, 0.1) is 6.92 Å². The molecule has 158 valence electrons. The molecule has 0 atom stereocenters. The third-order valence-electron chi connectivity index (χ3n) is 4.46. The molecule has 7 nitrogen and oxygen atoms in total. The van der Waals surface area contributed by atoms with Crippen LogP contribution in [0.15, 0.2) is 72.8 Å². The molecule has 0 spiro atoms. The molecule has 3 rings (SSSR count). The zero-order valence-corrected chi connectivity index (χ0v) is 16.9. The highest BCUT2D eigenvalue weighted by molar-refractivity contribution is 6.04. The van der Waals surface area contributed by atoms with Crippen LogP contribution >= 0.6 is 0 Å². The van der Waals surface area contributed by atoms with Crippen LogP contribution in [0.4, 0.5) is 5.69 Å². The number of rotatable bonds is 7. The van der Waals surface area contributed by atoms with Crippen molar-refractivity contribution in [1.29, 1.82) is 0 Å². The van der Waals surface area contributed by atoms with Crippen LogP contribution in [0.2, 0.25) is 0 Å². The lowest BCUT2D eigenvalue weighted by atomic mass is 10.1. The van der Waals surface area contributed by atoms with Crippen molar-refractivity contribution < 1.29 is 24.2 Å². The van der Waals surface area contributed by atoms with Gasteiger partial charge in [-0.3, -0.25) is 9.59 Å². The number of nitrogens with one attached hydrogen (secondary N) is 2. The Morgan fingerprint density at radius 2 is 1.58 bits per heavy atom. The van der Waals surface area contributed by atoms with Gasteiger partial charge < -0.3 is 20.5 Å².